The fourth-order valence-corrected chi connectivity index (χ4v) is 2.36. The Morgan fingerprint density at radius 1 is 1.36 bits per heavy atom. The molecule has 3 heteroatoms. The Labute approximate surface area is 85.2 Å². The van der Waals surface area contributed by atoms with E-state index in [4.69, 9.17) is 4.74 Å². The quantitative estimate of drug-likeness (QED) is 0.741. The summed E-state index contributed by atoms with van der Waals surface area (Å²) in [5, 5.41) is 2.94. The average molecular weight is 197 g/mol. The molecule has 80 valence electrons. The number of carbonyl (C=O) groups is 1. The van der Waals surface area contributed by atoms with Gasteiger partial charge in [-0.15, -0.1) is 0 Å². The van der Waals surface area contributed by atoms with Gasteiger partial charge in [0.2, 0.25) is 5.91 Å². The first-order chi connectivity index (χ1) is 6.86. The number of hydrogen-bond donors (Lipinski definition) is 1. The third kappa shape index (κ3) is 2.47. The second-order valence-corrected chi connectivity index (χ2v) is 4.44. The largest absolute Gasteiger partial charge is 0.381 e. The van der Waals surface area contributed by atoms with Crippen LogP contribution in [-0.4, -0.2) is 25.7 Å². The standard InChI is InChI=1S/C11H19NO2/c13-11-10(2-1-6-12-11)4-3-9-5-7-14-8-9/h9-10H,1-8H2,(H,12,13). The van der Waals surface area contributed by atoms with E-state index in [1.165, 1.54) is 6.42 Å². The Kier molecular flexibility index (Phi) is 3.40. The summed E-state index contributed by atoms with van der Waals surface area (Å²) in [5.41, 5.74) is 0. The topological polar surface area (TPSA) is 38.3 Å². The van der Waals surface area contributed by atoms with Gasteiger partial charge in [0.05, 0.1) is 0 Å². The molecule has 14 heavy (non-hydrogen) atoms. The predicted molar refractivity (Wildman–Crippen MR) is 53.9 cm³/mol. The highest BCUT2D eigenvalue weighted by atomic mass is 16.5. The molecule has 2 heterocycles. The average Bonchev–Trinajstić information content (AvgIpc) is 2.69. The Morgan fingerprint density at radius 2 is 2.29 bits per heavy atom. The first-order valence-corrected chi connectivity index (χ1v) is 5.71. The number of ether oxygens (including phenoxy) is 1. The molecule has 2 atom stereocenters. The number of hydrogen-bond acceptors (Lipinski definition) is 2. The highest BCUT2D eigenvalue weighted by Crippen LogP contribution is 2.24. The van der Waals surface area contributed by atoms with Gasteiger partial charge in [0, 0.05) is 25.7 Å². The molecule has 0 bridgehead atoms. The minimum Gasteiger partial charge on any atom is -0.381 e. The van der Waals surface area contributed by atoms with Crippen LogP contribution in [-0.2, 0) is 9.53 Å². The molecule has 0 aromatic rings. The molecule has 2 rings (SSSR count). The molecule has 0 aromatic carbocycles. The normalized spacial score (nSPS) is 33.0. The monoisotopic (exact) mass is 197 g/mol. The van der Waals surface area contributed by atoms with E-state index < -0.39 is 0 Å². The first-order valence-electron chi connectivity index (χ1n) is 5.71. The van der Waals surface area contributed by atoms with Crippen molar-refractivity contribution in [3.05, 3.63) is 0 Å². The lowest BCUT2D eigenvalue weighted by Gasteiger charge is -2.22. The van der Waals surface area contributed by atoms with Crippen LogP contribution in [0.5, 0.6) is 0 Å². The van der Waals surface area contributed by atoms with E-state index in [-0.39, 0.29) is 11.8 Å². The van der Waals surface area contributed by atoms with E-state index in [1.807, 2.05) is 0 Å². The van der Waals surface area contributed by atoms with Crippen molar-refractivity contribution in [2.75, 3.05) is 19.8 Å². The van der Waals surface area contributed by atoms with E-state index in [1.54, 1.807) is 0 Å². The molecule has 0 radical (unpaired) electrons. The van der Waals surface area contributed by atoms with E-state index in [9.17, 15) is 4.79 Å². The molecule has 0 spiro atoms. The van der Waals surface area contributed by atoms with Gasteiger partial charge in [-0.3, -0.25) is 4.79 Å². The van der Waals surface area contributed by atoms with Crippen LogP contribution in [0.4, 0.5) is 0 Å². The summed E-state index contributed by atoms with van der Waals surface area (Å²) in [6, 6.07) is 0. The molecule has 2 fully saturated rings. The molecular formula is C11H19NO2. The summed E-state index contributed by atoms with van der Waals surface area (Å²) in [4.78, 5) is 11.5. The maximum absolute atomic E-state index is 11.5. The molecule has 2 unspecified atom stereocenters. The van der Waals surface area contributed by atoms with Gasteiger partial charge in [0.1, 0.15) is 0 Å². The maximum atomic E-state index is 11.5. The lowest BCUT2D eigenvalue weighted by atomic mass is 9.90. The van der Waals surface area contributed by atoms with Crippen molar-refractivity contribution in [1.29, 1.82) is 0 Å². The zero-order chi connectivity index (χ0) is 9.80. The number of piperidine rings is 1. The van der Waals surface area contributed by atoms with E-state index in [0.717, 1.165) is 45.4 Å². The lowest BCUT2D eigenvalue weighted by molar-refractivity contribution is -0.126. The number of carbonyl (C=O) groups excluding carboxylic acids is 1. The summed E-state index contributed by atoms with van der Waals surface area (Å²) in [6.07, 6.45) is 5.64. The number of rotatable bonds is 3. The number of nitrogens with one attached hydrogen (secondary N) is 1. The molecule has 0 aromatic heterocycles. The summed E-state index contributed by atoms with van der Waals surface area (Å²) in [5.74, 6) is 1.27. The highest BCUT2D eigenvalue weighted by molar-refractivity contribution is 5.79. The van der Waals surface area contributed by atoms with Gasteiger partial charge in [0.15, 0.2) is 0 Å². The zero-order valence-electron chi connectivity index (χ0n) is 8.63. The van der Waals surface area contributed by atoms with Gasteiger partial charge in [-0.25, -0.2) is 0 Å². The second-order valence-electron chi connectivity index (χ2n) is 4.44. The molecule has 2 aliphatic heterocycles. The van der Waals surface area contributed by atoms with E-state index in [2.05, 4.69) is 5.32 Å². The first kappa shape index (κ1) is 9.97. The summed E-state index contributed by atoms with van der Waals surface area (Å²) >= 11 is 0. The minimum atomic E-state index is 0.273. The van der Waals surface area contributed by atoms with E-state index in [0.29, 0.717) is 5.92 Å². The minimum absolute atomic E-state index is 0.273. The van der Waals surface area contributed by atoms with Crippen LogP contribution in [0.3, 0.4) is 0 Å². The van der Waals surface area contributed by atoms with Gasteiger partial charge in [-0.2, -0.15) is 0 Å². The van der Waals surface area contributed by atoms with Crippen molar-refractivity contribution in [2.45, 2.75) is 32.1 Å². The SMILES string of the molecule is O=C1NCCCC1CCC1CCOC1. The van der Waals surface area contributed by atoms with Crippen LogP contribution in [0.1, 0.15) is 32.1 Å². The second kappa shape index (κ2) is 4.78. The third-order valence-electron chi connectivity index (χ3n) is 3.35. The fourth-order valence-electron chi connectivity index (χ4n) is 2.36. The predicted octanol–water partition coefficient (Wildman–Crippen LogP) is 1.33. The summed E-state index contributed by atoms with van der Waals surface area (Å²) in [6.45, 7) is 2.71. The number of amides is 1. The molecular weight excluding hydrogens is 178 g/mol. The van der Waals surface area contributed by atoms with Gasteiger partial charge in [-0.1, -0.05) is 0 Å². The Bertz CT molecular complexity index is 199. The Morgan fingerprint density at radius 3 is 3.00 bits per heavy atom. The zero-order valence-corrected chi connectivity index (χ0v) is 8.63. The van der Waals surface area contributed by atoms with Crippen molar-refractivity contribution in [1.82, 2.24) is 5.32 Å². The van der Waals surface area contributed by atoms with Crippen molar-refractivity contribution in [2.24, 2.45) is 11.8 Å². The molecule has 1 amide bonds. The van der Waals surface area contributed by atoms with Gasteiger partial charge >= 0.3 is 0 Å². The Hall–Kier alpha value is -0.570. The molecule has 1 N–H and O–H groups in total. The lowest BCUT2D eigenvalue weighted by Crippen LogP contribution is -2.36. The molecule has 2 aliphatic rings. The van der Waals surface area contributed by atoms with Crippen LogP contribution in [0.15, 0.2) is 0 Å². The third-order valence-corrected chi connectivity index (χ3v) is 3.35. The van der Waals surface area contributed by atoms with E-state index >= 15 is 0 Å². The summed E-state index contributed by atoms with van der Waals surface area (Å²) < 4.78 is 5.32. The van der Waals surface area contributed by atoms with Crippen molar-refractivity contribution in [3.8, 4) is 0 Å². The summed E-state index contributed by atoms with van der Waals surface area (Å²) in [7, 11) is 0. The van der Waals surface area contributed by atoms with Crippen LogP contribution in [0.25, 0.3) is 0 Å². The fraction of sp³-hybridized carbons (Fsp3) is 0.909. The maximum Gasteiger partial charge on any atom is 0.223 e. The van der Waals surface area contributed by atoms with Gasteiger partial charge < -0.3 is 10.1 Å². The molecule has 2 saturated heterocycles. The Balaban J connectivity index is 1.70. The highest BCUT2D eigenvalue weighted by Gasteiger charge is 2.24. The van der Waals surface area contributed by atoms with Gasteiger partial charge in [-0.05, 0) is 38.0 Å². The van der Waals surface area contributed by atoms with Crippen LogP contribution in [0, 0.1) is 11.8 Å². The van der Waals surface area contributed by atoms with Gasteiger partial charge in [0.25, 0.3) is 0 Å². The van der Waals surface area contributed by atoms with Crippen molar-refractivity contribution in [3.63, 3.8) is 0 Å². The molecule has 3 nitrogen and oxygen atoms in total. The van der Waals surface area contributed by atoms with Crippen molar-refractivity contribution < 1.29 is 9.53 Å². The smallest absolute Gasteiger partial charge is 0.223 e. The molecule has 0 aliphatic carbocycles. The molecule has 0 saturated carbocycles. The van der Waals surface area contributed by atoms with Crippen molar-refractivity contribution >= 4 is 5.91 Å². The van der Waals surface area contributed by atoms with Crippen LogP contribution in [0.2, 0.25) is 0 Å². The van der Waals surface area contributed by atoms with Crippen LogP contribution >= 0.6 is 0 Å². The van der Waals surface area contributed by atoms with Crippen LogP contribution < -0.4 is 5.32 Å².